The molecule has 0 aliphatic carbocycles. The lowest BCUT2D eigenvalue weighted by molar-refractivity contribution is -0.120. The molecular weight excluding hydrogens is 511 g/mol. The molecule has 2 aromatic rings. The fraction of sp³-hybridized carbons (Fsp3) is 0.364. The maximum absolute atomic E-state index is 13.0. The number of sulfonamides is 1. The van der Waals surface area contributed by atoms with Gasteiger partial charge in [-0.05, 0) is 50.1 Å². The number of nitrogens with one attached hydrogen (secondary N) is 1. The summed E-state index contributed by atoms with van der Waals surface area (Å²) in [6, 6.07) is 9.25. The van der Waals surface area contributed by atoms with E-state index < -0.39 is 21.9 Å². The van der Waals surface area contributed by atoms with Gasteiger partial charge in [0.1, 0.15) is 0 Å². The summed E-state index contributed by atoms with van der Waals surface area (Å²) < 4.78 is 32.2. The maximum atomic E-state index is 13.0. The van der Waals surface area contributed by atoms with Crippen molar-refractivity contribution in [3.63, 3.8) is 0 Å². The third-order valence-corrected chi connectivity index (χ3v) is 8.07. The highest BCUT2D eigenvalue weighted by Gasteiger charge is 2.33. The van der Waals surface area contributed by atoms with Crippen molar-refractivity contribution >= 4 is 62.4 Å². The van der Waals surface area contributed by atoms with E-state index in [4.69, 9.17) is 39.5 Å². The minimum atomic E-state index is -3.74. The summed E-state index contributed by atoms with van der Waals surface area (Å²) in [7, 11) is -3.74. The summed E-state index contributed by atoms with van der Waals surface area (Å²) in [5, 5.41) is 3.47. The van der Waals surface area contributed by atoms with E-state index >= 15 is 0 Å². The van der Waals surface area contributed by atoms with Crippen molar-refractivity contribution in [3.8, 4) is 0 Å². The molecule has 1 heterocycles. The lowest BCUT2D eigenvalue weighted by Gasteiger charge is -2.31. The second-order valence-electron chi connectivity index (χ2n) is 7.56. The number of carbonyl (C=O) groups is 2. The highest BCUT2D eigenvalue weighted by atomic mass is 35.5. The Kier molecular flexibility index (Phi) is 8.64. The van der Waals surface area contributed by atoms with Crippen LogP contribution in [0.25, 0.3) is 0 Å². The Morgan fingerprint density at radius 2 is 1.82 bits per heavy atom. The second kappa shape index (κ2) is 11.1. The van der Waals surface area contributed by atoms with Crippen molar-refractivity contribution in [2.75, 3.05) is 25.0 Å². The minimum absolute atomic E-state index is 0.0365. The van der Waals surface area contributed by atoms with E-state index in [1.54, 1.807) is 25.1 Å². The van der Waals surface area contributed by atoms with Gasteiger partial charge in [-0.15, -0.1) is 0 Å². The van der Waals surface area contributed by atoms with E-state index in [0.717, 1.165) is 0 Å². The van der Waals surface area contributed by atoms with Gasteiger partial charge in [-0.25, -0.2) is 17.5 Å². The van der Waals surface area contributed by atoms with Gasteiger partial charge in [-0.3, -0.25) is 4.79 Å². The van der Waals surface area contributed by atoms with Crippen LogP contribution in [-0.4, -0.2) is 44.3 Å². The molecule has 1 fully saturated rings. The number of halogens is 3. The van der Waals surface area contributed by atoms with Crippen LogP contribution in [0.2, 0.25) is 15.1 Å². The van der Waals surface area contributed by atoms with E-state index in [2.05, 4.69) is 5.32 Å². The van der Waals surface area contributed by atoms with Crippen LogP contribution in [0.1, 0.15) is 35.7 Å². The van der Waals surface area contributed by atoms with Crippen molar-refractivity contribution in [1.29, 1.82) is 0 Å². The van der Waals surface area contributed by atoms with E-state index in [1.165, 1.54) is 22.5 Å². The van der Waals surface area contributed by atoms with Crippen LogP contribution < -0.4 is 5.32 Å². The number of amides is 1. The van der Waals surface area contributed by atoms with Gasteiger partial charge in [0, 0.05) is 28.7 Å². The van der Waals surface area contributed by atoms with Crippen LogP contribution in [0.4, 0.5) is 5.69 Å². The Labute approximate surface area is 208 Å². The first-order valence-corrected chi connectivity index (χ1v) is 13.0. The third-order valence-electron chi connectivity index (χ3n) is 5.27. The molecule has 0 unspecified atom stereocenters. The molecule has 1 aliphatic heterocycles. The van der Waals surface area contributed by atoms with Gasteiger partial charge in [0.25, 0.3) is 0 Å². The molecular formula is C22H23Cl3N2O5S. The lowest BCUT2D eigenvalue weighted by atomic mass is 9.98. The minimum Gasteiger partial charge on any atom is -0.462 e. The standard InChI is InChI=1S/C22H23Cl3N2O5S/c1-2-32-22(29)14-8-9-20(19(25)11-14)26-21(28)15-5-4-10-27(12-15)33(30,31)13-16-17(23)6-3-7-18(16)24/h3,6-9,11,15H,2,4-5,10,12-13H2,1H3,(H,26,28)/t15-/m0/s1. The first kappa shape index (κ1) is 25.8. The van der Waals surface area contributed by atoms with Gasteiger partial charge >= 0.3 is 5.97 Å². The molecule has 0 saturated carbocycles. The second-order valence-corrected chi connectivity index (χ2v) is 10.7. The number of hydrogen-bond donors (Lipinski definition) is 1. The molecule has 178 valence electrons. The van der Waals surface area contributed by atoms with Crippen molar-refractivity contribution in [2.24, 2.45) is 5.92 Å². The molecule has 1 N–H and O–H groups in total. The number of anilines is 1. The number of rotatable bonds is 7. The van der Waals surface area contributed by atoms with Crippen molar-refractivity contribution in [3.05, 3.63) is 62.6 Å². The number of ether oxygens (including phenoxy) is 1. The Morgan fingerprint density at radius 1 is 1.12 bits per heavy atom. The molecule has 0 bridgehead atoms. The van der Waals surface area contributed by atoms with E-state index in [-0.39, 0.29) is 45.4 Å². The largest absolute Gasteiger partial charge is 0.462 e. The van der Waals surface area contributed by atoms with Gasteiger partial charge in [-0.2, -0.15) is 0 Å². The molecule has 0 spiro atoms. The molecule has 3 rings (SSSR count). The van der Waals surface area contributed by atoms with Crippen LogP contribution >= 0.6 is 34.8 Å². The zero-order valence-corrected chi connectivity index (χ0v) is 20.9. The number of esters is 1. The average Bonchev–Trinajstić information content (AvgIpc) is 2.78. The molecule has 0 aromatic heterocycles. The van der Waals surface area contributed by atoms with Crippen molar-refractivity contribution in [1.82, 2.24) is 4.31 Å². The lowest BCUT2D eigenvalue weighted by Crippen LogP contribution is -2.44. The fourth-order valence-corrected chi connectivity index (χ4v) is 6.14. The summed E-state index contributed by atoms with van der Waals surface area (Å²) >= 11 is 18.5. The number of benzene rings is 2. The normalized spacial score (nSPS) is 16.9. The smallest absolute Gasteiger partial charge is 0.338 e. The van der Waals surface area contributed by atoms with Crippen LogP contribution in [0.15, 0.2) is 36.4 Å². The molecule has 11 heteroatoms. The van der Waals surface area contributed by atoms with Gasteiger partial charge in [0.2, 0.25) is 15.9 Å². The molecule has 0 radical (unpaired) electrons. The average molecular weight is 534 g/mol. The highest BCUT2D eigenvalue weighted by molar-refractivity contribution is 7.88. The van der Waals surface area contributed by atoms with E-state index in [9.17, 15) is 18.0 Å². The summed E-state index contributed by atoms with van der Waals surface area (Å²) in [5.74, 6) is -1.77. The predicted octanol–water partition coefficient (Wildman–Crippen LogP) is 5.00. The van der Waals surface area contributed by atoms with Gasteiger partial charge < -0.3 is 10.1 Å². The van der Waals surface area contributed by atoms with Crippen LogP contribution in [-0.2, 0) is 25.3 Å². The van der Waals surface area contributed by atoms with E-state index in [1.807, 2.05) is 0 Å². The van der Waals surface area contributed by atoms with Gasteiger partial charge in [0.05, 0.1) is 34.6 Å². The van der Waals surface area contributed by atoms with Gasteiger partial charge in [-0.1, -0.05) is 40.9 Å². The van der Waals surface area contributed by atoms with Crippen LogP contribution in [0.5, 0.6) is 0 Å². The van der Waals surface area contributed by atoms with Crippen molar-refractivity contribution in [2.45, 2.75) is 25.5 Å². The zero-order chi connectivity index (χ0) is 24.2. The third kappa shape index (κ3) is 6.39. The predicted molar refractivity (Wildman–Crippen MR) is 129 cm³/mol. The molecule has 1 amide bonds. The number of hydrogen-bond acceptors (Lipinski definition) is 5. The summed E-state index contributed by atoms with van der Waals surface area (Å²) in [6.45, 7) is 2.28. The maximum Gasteiger partial charge on any atom is 0.338 e. The SMILES string of the molecule is CCOC(=O)c1ccc(NC(=O)[C@H]2CCCN(S(=O)(=O)Cc3c(Cl)cccc3Cl)C2)c(Cl)c1. The number of nitrogens with zero attached hydrogens (tertiary/aromatic N) is 1. The fourth-order valence-electron chi connectivity index (χ4n) is 3.55. The van der Waals surface area contributed by atoms with Gasteiger partial charge in [0.15, 0.2) is 0 Å². The zero-order valence-electron chi connectivity index (χ0n) is 17.8. The first-order chi connectivity index (χ1) is 15.6. The number of piperidine rings is 1. The summed E-state index contributed by atoms with van der Waals surface area (Å²) in [6.07, 6.45) is 1.06. The Bertz CT molecular complexity index is 1140. The van der Waals surface area contributed by atoms with Crippen LogP contribution in [0, 0.1) is 5.92 Å². The highest BCUT2D eigenvalue weighted by Crippen LogP contribution is 2.30. The Morgan fingerprint density at radius 3 is 2.45 bits per heavy atom. The molecule has 7 nitrogen and oxygen atoms in total. The van der Waals surface area contributed by atoms with Crippen molar-refractivity contribution < 1.29 is 22.7 Å². The Balaban J connectivity index is 1.69. The summed E-state index contributed by atoms with van der Waals surface area (Å²) in [4.78, 5) is 24.7. The topological polar surface area (TPSA) is 92.8 Å². The van der Waals surface area contributed by atoms with Crippen LogP contribution in [0.3, 0.4) is 0 Å². The molecule has 33 heavy (non-hydrogen) atoms. The Hall–Kier alpha value is -1.84. The molecule has 1 atom stereocenters. The quantitative estimate of drug-likeness (QED) is 0.505. The molecule has 1 aliphatic rings. The first-order valence-electron chi connectivity index (χ1n) is 10.3. The monoisotopic (exact) mass is 532 g/mol. The summed E-state index contributed by atoms with van der Waals surface area (Å²) in [5.41, 5.74) is 0.937. The number of carbonyl (C=O) groups excluding carboxylic acids is 2. The van der Waals surface area contributed by atoms with E-state index in [0.29, 0.717) is 30.6 Å². The molecule has 1 saturated heterocycles. The molecule has 2 aromatic carbocycles.